The van der Waals surface area contributed by atoms with Crippen molar-refractivity contribution in [3.8, 4) is 0 Å². The number of hydrogen-bond acceptors (Lipinski definition) is 9. The Hall–Kier alpha value is -3.53. The lowest BCUT2D eigenvalue weighted by Crippen LogP contribution is -2.54. The van der Waals surface area contributed by atoms with Crippen molar-refractivity contribution in [3.05, 3.63) is 22.4 Å². The van der Waals surface area contributed by atoms with Crippen LogP contribution in [0, 0.1) is 0 Å². The molecule has 40 heavy (non-hydrogen) atoms. The molecule has 0 aliphatic carbocycles. The van der Waals surface area contributed by atoms with E-state index in [1.165, 1.54) is 16.2 Å². The minimum atomic E-state index is -5.08. The number of carboxylic acids is 3. The number of alkyl halides is 3. The molecule has 1 amide bonds. The molecule has 0 spiro atoms. The molecule has 0 saturated carbocycles. The van der Waals surface area contributed by atoms with Crippen molar-refractivity contribution >= 4 is 46.9 Å². The number of rotatable bonds is 14. The summed E-state index contributed by atoms with van der Waals surface area (Å²) in [5, 5.41) is 30.3. The fourth-order valence-electron chi connectivity index (χ4n) is 3.82. The summed E-state index contributed by atoms with van der Waals surface area (Å²) in [6, 6.07) is 0.528. The van der Waals surface area contributed by atoms with Crippen molar-refractivity contribution in [2.24, 2.45) is 0 Å². The van der Waals surface area contributed by atoms with Gasteiger partial charge in [-0.05, 0) is 50.5 Å². The Morgan fingerprint density at radius 1 is 1.10 bits per heavy atom. The molecule has 3 atom stereocenters. The Kier molecular flexibility index (Phi) is 14.3. The fourth-order valence-corrected chi connectivity index (χ4v) is 4.51. The smallest absolute Gasteiger partial charge is 0.481 e. The summed E-state index contributed by atoms with van der Waals surface area (Å²) < 4.78 is 36.8. The van der Waals surface area contributed by atoms with Crippen LogP contribution in [-0.4, -0.2) is 93.2 Å². The highest BCUT2D eigenvalue weighted by Crippen LogP contribution is 2.21. The van der Waals surface area contributed by atoms with Gasteiger partial charge in [0, 0.05) is 19.4 Å². The number of carbonyl (C=O) groups is 6. The van der Waals surface area contributed by atoms with Gasteiger partial charge in [0.25, 0.3) is 0 Å². The first-order valence-corrected chi connectivity index (χ1v) is 13.1. The molecule has 0 bridgehead atoms. The van der Waals surface area contributed by atoms with Gasteiger partial charge in [0.1, 0.15) is 12.1 Å². The summed E-state index contributed by atoms with van der Waals surface area (Å²) in [5.41, 5.74) is 0. The van der Waals surface area contributed by atoms with Crippen molar-refractivity contribution < 1.29 is 62.0 Å². The van der Waals surface area contributed by atoms with Crippen molar-refractivity contribution in [3.63, 3.8) is 0 Å². The van der Waals surface area contributed by atoms with Crippen molar-refractivity contribution in [2.45, 2.75) is 76.2 Å². The van der Waals surface area contributed by atoms with E-state index in [9.17, 15) is 42.3 Å². The van der Waals surface area contributed by atoms with Crippen molar-refractivity contribution in [1.29, 1.82) is 0 Å². The number of halogens is 3. The van der Waals surface area contributed by atoms with E-state index in [2.05, 4.69) is 5.32 Å². The van der Waals surface area contributed by atoms with Crippen LogP contribution >= 0.6 is 11.3 Å². The third-order valence-corrected chi connectivity index (χ3v) is 6.59. The lowest BCUT2D eigenvalue weighted by molar-refractivity contribution is -0.192. The number of likely N-dealkylation sites (tertiary alicyclic amines) is 1. The Labute approximate surface area is 231 Å². The first kappa shape index (κ1) is 34.5. The van der Waals surface area contributed by atoms with Gasteiger partial charge in [-0.1, -0.05) is 6.07 Å². The molecule has 12 nitrogen and oxygen atoms in total. The predicted molar refractivity (Wildman–Crippen MR) is 133 cm³/mol. The highest BCUT2D eigenvalue weighted by molar-refractivity contribution is 7.12. The monoisotopic (exact) mass is 596 g/mol. The Morgan fingerprint density at radius 2 is 1.75 bits per heavy atom. The molecule has 4 N–H and O–H groups in total. The van der Waals surface area contributed by atoms with Crippen LogP contribution in [0.15, 0.2) is 17.5 Å². The third kappa shape index (κ3) is 11.7. The van der Waals surface area contributed by atoms with Gasteiger partial charge in [0.05, 0.1) is 17.5 Å². The topological polar surface area (TPSA) is 188 Å². The lowest BCUT2D eigenvalue weighted by Gasteiger charge is -2.29. The standard InChI is InChI=1S/C22H30N2O8S.C2HF3O2/c1-2-32-22(31)15(6-3-8-17(25)18-9-5-13-33-18)23-14(10-11-19(26)27)20(28)24-12-4-7-16(24)21(29)30;3-2(4,5)1(6)7/h5,9,13-16,23H,2-4,6-8,10-12H2,1H3,(H,26,27)(H,29,30);(H,6,7)/t14-,15?,16-;/m0./s1. The number of esters is 1. The van der Waals surface area contributed by atoms with E-state index in [-0.39, 0.29) is 44.6 Å². The van der Waals surface area contributed by atoms with E-state index >= 15 is 0 Å². The van der Waals surface area contributed by atoms with Gasteiger partial charge < -0.3 is 25.0 Å². The van der Waals surface area contributed by atoms with Crippen molar-refractivity contribution in [2.75, 3.05) is 13.2 Å². The summed E-state index contributed by atoms with van der Waals surface area (Å²) >= 11 is 1.33. The van der Waals surface area contributed by atoms with E-state index < -0.39 is 54.1 Å². The van der Waals surface area contributed by atoms with Gasteiger partial charge in [0.2, 0.25) is 5.91 Å². The number of Topliss-reactive ketones (excluding diaryl/α,β-unsaturated/α-hetero) is 1. The number of thiophene rings is 1. The van der Waals surface area contributed by atoms with Gasteiger partial charge >= 0.3 is 30.1 Å². The van der Waals surface area contributed by atoms with E-state index in [1.54, 1.807) is 24.4 Å². The van der Waals surface area contributed by atoms with Crippen LogP contribution < -0.4 is 5.32 Å². The quantitative estimate of drug-likeness (QED) is 0.183. The van der Waals surface area contributed by atoms with Crippen LogP contribution in [0.3, 0.4) is 0 Å². The molecule has 1 aromatic rings. The number of nitrogens with zero attached hydrogens (tertiary/aromatic N) is 1. The molecular formula is C24H31F3N2O10S. The fraction of sp³-hybridized carbons (Fsp3) is 0.583. The van der Waals surface area contributed by atoms with Crippen LogP contribution in [-0.2, 0) is 28.7 Å². The summed E-state index contributed by atoms with van der Waals surface area (Å²) in [7, 11) is 0. The summed E-state index contributed by atoms with van der Waals surface area (Å²) in [6.45, 7) is 2.01. The van der Waals surface area contributed by atoms with Crippen molar-refractivity contribution in [1.82, 2.24) is 10.2 Å². The first-order valence-electron chi connectivity index (χ1n) is 12.2. The third-order valence-electron chi connectivity index (χ3n) is 5.67. The molecule has 1 fully saturated rings. The Morgan fingerprint density at radius 3 is 2.25 bits per heavy atom. The predicted octanol–water partition coefficient (Wildman–Crippen LogP) is 2.56. The first-order chi connectivity index (χ1) is 18.7. The van der Waals surface area contributed by atoms with Gasteiger partial charge in [-0.25, -0.2) is 9.59 Å². The number of amides is 1. The minimum Gasteiger partial charge on any atom is -0.481 e. The van der Waals surface area contributed by atoms with Gasteiger partial charge in [-0.3, -0.25) is 24.5 Å². The second kappa shape index (κ2) is 16.5. The number of ether oxygens (including phenoxy) is 1. The second-order valence-corrected chi connectivity index (χ2v) is 9.53. The molecule has 0 aromatic carbocycles. The molecular weight excluding hydrogens is 565 g/mol. The van der Waals surface area contributed by atoms with Crippen LogP contribution in [0.5, 0.6) is 0 Å². The molecule has 1 aliphatic heterocycles. The average Bonchev–Trinajstić information content (AvgIpc) is 3.57. The molecule has 2 rings (SSSR count). The van der Waals surface area contributed by atoms with Crippen LogP contribution in [0.1, 0.15) is 61.5 Å². The highest BCUT2D eigenvalue weighted by Gasteiger charge is 2.39. The maximum atomic E-state index is 13.1. The maximum Gasteiger partial charge on any atom is 0.490 e. The molecule has 1 aromatic heterocycles. The SMILES string of the molecule is CCOC(=O)C(CCCC(=O)c1cccs1)N[C@@H](CCC(=O)O)C(=O)N1CCC[C@H]1C(=O)O.O=C(O)C(F)(F)F. The molecule has 2 heterocycles. The molecule has 1 saturated heterocycles. The van der Waals surface area contributed by atoms with Gasteiger partial charge in [-0.2, -0.15) is 13.2 Å². The summed E-state index contributed by atoms with van der Waals surface area (Å²) in [4.78, 5) is 71.3. The molecule has 1 unspecified atom stereocenters. The lowest BCUT2D eigenvalue weighted by atomic mass is 10.0. The zero-order chi connectivity index (χ0) is 30.5. The number of ketones is 1. The normalized spacial score (nSPS) is 16.3. The second-order valence-electron chi connectivity index (χ2n) is 8.58. The molecule has 1 aliphatic rings. The summed E-state index contributed by atoms with van der Waals surface area (Å²) in [5.74, 6) is -6.19. The van der Waals surface area contributed by atoms with Crippen LogP contribution in [0.2, 0.25) is 0 Å². The van der Waals surface area contributed by atoms with E-state index in [1.807, 2.05) is 0 Å². The largest absolute Gasteiger partial charge is 0.490 e. The zero-order valence-corrected chi connectivity index (χ0v) is 22.3. The van der Waals surface area contributed by atoms with E-state index in [4.69, 9.17) is 19.7 Å². The molecule has 224 valence electrons. The average molecular weight is 597 g/mol. The summed E-state index contributed by atoms with van der Waals surface area (Å²) in [6.07, 6.45) is -3.91. The maximum absolute atomic E-state index is 13.1. The molecule has 0 radical (unpaired) electrons. The minimum absolute atomic E-state index is 0.0486. The number of carboxylic acid groups (broad SMARTS) is 3. The van der Waals surface area contributed by atoms with Gasteiger partial charge in [-0.15, -0.1) is 11.3 Å². The van der Waals surface area contributed by atoms with Gasteiger partial charge in [0.15, 0.2) is 5.78 Å². The van der Waals surface area contributed by atoms with E-state index in [0.717, 1.165) is 0 Å². The Balaban J connectivity index is 0.00000101. The highest BCUT2D eigenvalue weighted by atomic mass is 32.1. The van der Waals surface area contributed by atoms with Crippen LogP contribution in [0.4, 0.5) is 13.2 Å². The Bertz CT molecular complexity index is 1030. The number of aliphatic carboxylic acids is 3. The van der Waals surface area contributed by atoms with E-state index in [0.29, 0.717) is 24.1 Å². The zero-order valence-electron chi connectivity index (χ0n) is 21.5. The number of hydrogen-bond donors (Lipinski definition) is 4. The molecule has 16 heteroatoms. The van der Waals surface area contributed by atoms with Crippen LogP contribution in [0.25, 0.3) is 0 Å². The number of carbonyl (C=O) groups excluding carboxylic acids is 3. The number of nitrogens with one attached hydrogen (secondary N) is 1.